The minimum atomic E-state index is -0.849. The van der Waals surface area contributed by atoms with E-state index in [1.54, 1.807) is 13.8 Å². The third kappa shape index (κ3) is 3.19. The maximum Gasteiger partial charge on any atom is 0.164 e. The first kappa shape index (κ1) is 15.4. The average molecular weight is 282 g/mol. The summed E-state index contributed by atoms with van der Waals surface area (Å²) in [7, 11) is 1.51. The third-order valence-electron chi connectivity index (χ3n) is 3.45. The van der Waals surface area contributed by atoms with Crippen LogP contribution in [0.15, 0.2) is 30.3 Å². The first-order chi connectivity index (χ1) is 9.48. The number of hydrogen-bond donors (Lipinski definition) is 2. The lowest BCUT2D eigenvalue weighted by Gasteiger charge is -2.29. The lowest BCUT2D eigenvalue weighted by molar-refractivity contribution is -0.167. The molecule has 2 rings (SSSR count). The van der Waals surface area contributed by atoms with E-state index < -0.39 is 30.2 Å². The molecule has 5 nitrogen and oxygen atoms in total. The lowest BCUT2D eigenvalue weighted by atomic mass is 9.97. The van der Waals surface area contributed by atoms with E-state index >= 15 is 0 Å². The second-order valence-corrected chi connectivity index (χ2v) is 5.38. The molecule has 0 spiro atoms. The summed E-state index contributed by atoms with van der Waals surface area (Å²) in [4.78, 5) is 0. The van der Waals surface area contributed by atoms with Crippen LogP contribution in [-0.4, -0.2) is 48.0 Å². The van der Waals surface area contributed by atoms with E-state index in [1.807, 2.05) is 30.3 Å². The van der Waals surface area contributed by atoms with Crippen molar-refractivity contribution < 1.29 is 24.4 Å². The largest absolute Gasteiger partial charge is 0.394 e. The van der Waals surface area contributed by atoms with Crippen molar-refractivity contribution in [1.29, 1.82) is 0 Å². The molecule has 1 heterocycles. The van der Waals surface area contributed by atoms with Gasteiger partial charge in [0.25, 0.3) is 0 Å². The Hall–Kier alpha value is -0.980. The van der Waals surface area contributed by atoms with Gasteiger partial charge >= 0.3 is 0 Å². The van der Waals surface area contributed by atoms with Gasteiger partial charge in [-0.25, -0.2) is 0 Å². The van der Waals surface area contributed by atoms with Gasteiger partial charge in [0.2, 0.25) is 0 Å². The number of methoxy groups -OCH3 is 1. The molecule has 112 valence electrons. The van der Waals surface area contributed by atoms with Gasteiger partial charge < -0.3 is 24.4 Å². The molecule has 0 aliphatic carbocycles. The SMILES string of the molecule is CO[C@H]([C@H]1OC(C)(C)O[C@H]1CO)[C@H](O)c1ccccc1. The summed E-state index contributed by atoms with van der Waals surface area (Å²) in [6, 6.07) is 9.24. The summed E-state index contributed by atoms with van der Waals surface area (Å²) in [5, 5.41) is 19.9. The van der Waals surface area contributed by atoms with Crippen LogP contribution in [0.25, 0.3) is 0 Å². The van der Waals surface area contributed by atoms with Gasteiger partial charge in [0.05, 0.1) is 6.61 Å². The van der Waals surface area contributed by atoms with Crippen LogP contribution in [0, 0.1) is 0 Å². The molecule has 1 aromatic carbocycles. The van der Waals surface area contributed by atoms with Crippen molar-refractivity contribution in [3.05, 3.63) is 35.9 Å². The maximum atomic E-state index is 10.5. The molecule has 5 heteroatoms. The predicted octanol–water partition coefficient (Wildman–Crippen LogP) is 1.25. The Morgan fingerprint density at radius 3 is 2.45 bits per heavy atom. The molecule has 0 radical (unpaired) electrons. The standard InChI is InChI=1S/C15H22O5/c1-15(2)19-11(9-16)13(20-15)14(18-3)12(17)10-7-5-4-6-8-10/h4-8,11-14,16-17H,9H2,1-3H3/t11-,12+,13-,14-/m0/s1. The topological polar surface area (TPSA) is 68.2 Å². The molecule has 1 aliphatic heterocycles. The van der Waals surface area contributed by atoms with Crippen LogP contribution in [0.1, 0.15) is 25.5 Å². The molecule has 0 unspecified atom stereocenters. The monoisotopic (exact) mass is 282 g/mol. The molecular weight excluding hydrogens is 260 g/mol. The minimum absolute atomic E-state index is 0.185. The molecule has 4 atom stereocenters. The van der Waals surface area contributed by atoms with Gasteiger partial charge in [0.1, 0.15) is 24.4 Å². The van der Waals surface area contributed by atoms with E-state index in [1.165, 1.54) is 7.11 Å². The Labute approximate surface area is 119 Å². The fraction of sp³-hybridized carbons (Fsp3) is 0.600. The van der Waals surface area contributed by atoms with Gasteiger partial charge in [-0.1, -0.05) is 30.3 Å². The molecule has 1 aliphatic rings. The summed E-state index contributed by atoms with van der Waals surface area (Å²) in [5.74, 6) is -0.800. The molecule has 0 amide bonds. The highest BCUT2D eigenvalue weighted by molar-refractivity contribution is 5.19. The van der Waals surface area contributed by atoms with E-state index in [2.05, 4.69) is 0 Å². The van der Waals surface area contributed by atoms with E-state index in [0.29, 0.717) is 0 Å². The summed E-state index contributed by atoms with van der Waals surface area (Å²) in [5.41, 5.74) is 0.740. The van der Waals surface area contributed by atoms with Crippen molar-refractivity contribution in [3.8, 4) is 0 Å². The van der Waals surface area contributed by atoms with Crippen molar-refractivity contribution in [2.24, 2.45) is 0 Å². The highest BCUT2D eigenvalue weighted by atomic mass is 16.8. The van der Waals surface area contributed by atoms with Crippen molar-refractivity contribution in [1.82, 2.24) is 0 Å². The summed E-state index contributed by atoms with van der Waals surface area (Å²) >= 11 is 0. The van der Waals surface area contributed by atoms with Crippen LogP contribution >= 0.6 is 0 Å². The van der Waals surface area contributed by atoms with Crippen molar-refractivity contribution in [3.63, 3.8) is 0 Å². The Kier molecular flexibility index (Phi) is 4.78. The Balaban J connectivity index is 2.19. The zero-order valence-electron chi connectivity index (χ0n) is 12.0. The fourth-order valence-corrected chi connectivity index (χ4v) is 2.57. The minimum Gasteiger partial charge on any atom is -0.394 e. The normalized spacial score (nSPS) is 28.2. The quantitative estimate of drug-likeness (QED) is 0.850. The van der Waals surface area contributed by atoms with E-state index in [-0.39, 0.29) is 6.61 Å². The van der Waals surface area contributed by atoms with E-state index in [9.17, 15) is 10.2 Å². The van der Waals surface area contributed by atoms with Crippen LogP contribution in [0.4, 0.5) is 0 Å². The van der Waals surface area contributed by atoms with Crippen molar-refractivity contribution >= 4 is 0 Å². The first-order valence-corrected chi connectivity index (χ1v) is 6.71. The summed E-state index contributed by atoms with van der Waals surface area (Å²) in [6.07, 6.45) is -2.52. The predicted molar refractivity (Wildman–Crippen MR) is 73.1 cm³/mol. The molecule has 0 bridgehead atoms. The number of benzene rings is 1. The van der Waals surface area contributed by atoms with Crippen LogP contribution in [0.3, 0.4) is 0 Å². The van der Waals surface area contributed by atoms with Crippen LogP contribution in [-0.2, 0) is 14.2 Å². The van der Waals surface area contributed by atoms with Gasteiger partial charge in [-0.3, -0.25) is 0 Å². The molecule has 0 saturated carbocycles. The van der Waals surface area contributed by atoms with Crippen molar-refractivity contribution in [2.45, 2.75) is 44.1 Å². The second-order valence-electron chi connectivity index (χ2n) is 5.38. The highest BCUT2D eigenvalue weighted by Crippen LogP contribution is 2.34. The molecular formula is C15H22O5. The maximum absolute atomic E-state index is 10.5. The number of rotatable bonds is 5. The summed E-state index contributed by atoms with van der Waals surface area (Å²) in [6.45, 7) is 3.37. The molecule has 20 heavy (non-hydrogen) atoms. The first-order valence-electron chi connectivity index (χ1n) is 6.71. The Bertz CT molecular complexity index is 420. The molecule has 2 N–H and O–H groups in total. The van der Waals surface area contributed by atoms with Gasteiger partial charge in [-0.05, 0) is 19.4 Å². The van der Waals surface area contributed by atoms with E-state index in [0.717, 1.165) is 5.56 Å². The fourth-order valence-electron chi connectivity index (χ4n) is 2.57. The zero-order chi connectivity index (χ0) is 14.8. The Morgan fingerprint density at radius 1 is 1.25 bits per heavy atom. The smallest absolute Gasteiger partial charge is 0.164 e. The van der Waals surface area contributed by atoms with Crippen LogP contribution in [0.2, 0.25) is 0 Å². The van der Waals surface area contributed by atoms with E-state index in [4.69, 9.17) is 14.2 Å². The van der Waals surface area contributed by atoms with Crippen LogP contribution < -0.4 is 0 Å². The molecule has 1 saturated heterocycles. The lowest BCUT2D eigenvalue weighted by Crippen LogP contribution is -2.42. The number of aliphatic hydroxyl groups is 2. The summed E-state index contributed by atoms with van der Waals surface area (Å²) < 4.78 is 16.8. The number of hydrogen-bond acceptors (Lipinski definition) is 5. The van der Waals surface area contributed by atoms with Gasteiger partial charge in [-0.15, -0.1) is 0 Å². The number of aliphatic hydroxyl groups excluding tert-OH is 2. The molecule has 1 aromatic rings. The second kappa shape index (κ2) is 6.20. The van der Waals surface area contributed by atoms with Gasteiger partial charge in [0.15, 0.2) is 5.79 Å². The zero-order valence-corrected chi connectivity index (χ0v) is 12.0. The van der Waals surface area contributed by atoms with Gasteiger partial charge in [0, 0.05) is 7.11 Å². The number of ether oxygens (including phenoxy) is 3. The van der Waals surface area contributed by atoms with Gasteiger partial charge in [-0.2, -0.15) is 0 Å². The van der Waals surface area contributed by atoms with Crippen LogP contribution in [0.5, 0.6) is 0 Å². The third-order valence-corrected chi connectivity index (χ3v) is 3.45. The molecule has 1 fully saturated rings. The van der Waals surface area contributed by atoms with Crippen molar-refractivity contribution in [2.75, 3.05) is 13.7 Å². The molecule has 0 aromatic heterocycles. The average Bonchev–Trinajstić information content (AvgIpc) is 2.75. The highest BCUT2D eigenvalue weighted by Gasteiger charge is 2.47. The Morgan fingerprint density at radius 2 is 1.90 bits per heavy atom.